The molecule has 0 saturated carbocycles. The number of hydrogen-bond donors (Lipinski definition) is 0. The largest absolute Gasteiger partial charge is 0.456 e. The third-order valence-corrected chi connectivity index (χ3v) is 12.6. The average molecular weight is 731 g/mol. The second-order valence-corrected chi connectivity index (χ2v) is 16.2. The molecule has 0 N–H and O–H groups in total. The van der Waals surface area contributed by atoms with Crippen LogP contribution >= 0.6 is 0 Å². The molecule has 3 heteroatoms. The molecule has 0 fully saturated rings. The molecule has 0 unspecified atom stereocenters. The zero-order valence-electron chi connectivity index (χ0n) is 31.9. The van der Waals surface area contributed by atoms with Crippen molar-refractivity contribution in [1.29, 1.82) is 0 Å². The van der Waals surface area contributed by atoms with Crippen molar-refractivity contribution in [2.45, 2.75) is 32.1 Å². The molecule has 2 aromatic heterocycles. The molecule has 12 rings (SSSR count). The summed E-state index contributed by atoms with van der Waals surface area (Å²) in [5, 5.41) is 9.71. The first-order chi connectivity index (χ1) is 28.0. The van der Waals surface area contributed by atoms with Crippen LogP contribution in [-0.4, -0.2) is 10.3 Å². The number of furan rings is 1. The van der Waals surface area contributed by atoms with Crippen molar-refractivity contribution in [3.05, 3.63) is 198 Å². The van der Waals surface area contributed by atoms with E-state index in [0.717, 1.165) is 63.0 Å². The monoisotopic (exact) mass is 730 g/mol. The summed E-state index contributed by atoms with van der Waals surface area (Å²) in [6, 6.07) is 59.7. The lowest BCUT2D eigenvalue weighted by Crippen LogP contribution is -2.24. The third-order valence-electron chi connectivity index (χ3n) is 12.6. The predicted octanol–water partition coefficient (Wildman–Crippen LogP) is 14.4. The van der Waals surface area contributed by atoms with Gasteiger partial charge in [0.15, 0.2) is 0 Å². The Balaban J connectivity index is 1.01. The van der Waals surface area contributed by atoms with E-state index < -0.39 is 0 Å². The predicted molar refractivity (Wildman–Crippen MR) is 240 cm³/mol. The summed E-state index contributed by atoms with van der Waals surface area (Å²) >= 11 is 0. The molecule has 0 radical (unpaired) electrons. The van der Waals surface area contributed by atoms with E-state index in [0.29, 0.717) is 0 Å². The second-order valence-electron chi connectivity index (χ2n) is 16.2. The van der Waals surface area contributed by atoms with Crippen LogP contribution in [0.5, 0.6) is 0 Å². The van der Waals surface area contributed by atoms with Gasteiger partial charge < -0.3 is 8.98 Å². The maximum atomic E-state index is 6.44. The number of allylic oxidation sites excluding steroid dienone is 3. The van der Waals surface area contributed by atoms with Crippen molar-refractivity contribution < 1.29 is 4.42 Å². The number of nitrogens with zero attached hydrogens (tertiary/aromatic N) is 2. The first-order valence-electron chi connectivity index (χ1n) is 20.0. The molecule has 3 heterocycles. The number of hydrogen-bond acceptors (Lipinski definition) is 2. The van der Waals surface area contributed by atoms with Gasteiger partial charge in [-0.1, -0.05) is 129 Å². The minimum absolute atomic E-state index is 0.213. The Bertz CT molecular complexity index is 3440. The van der Waals surface area contributed by atoms with Gasteiger partial charge in [0, 0.05) is 43.8 Å². The van der Waals surface area contributed by atoms with E-state index in [-0.39, 0.29) is 5.41 Å². The number of aliphatic imine (C=N–C) groups is 1. The topological polar surface area (TPSA) is 30.4 Å². The molecular formula is C54H38N2O. The summed E-state index contributed by atoms with van der Waals surface area (Å²) in [6.07, 6.45) is 4.21. The van der Waals surface area contributed by atoms with Gasteiger partial charge in [-0.25, -0.2) is 4.99 Å². The standard InChI is InChI=1S/C54H38N2O/c1-54(2)46-18-8-5-14-40(46)44-17-11-19-47(55-53(52(44)54)38-25-27-43-42-16-7-10-21-50(42)57-51(43)32-38)37-23-22-36-29-39(26-24-35(36)28-37)56-48-20-9-6-15-41(48)45-30-33-12-3-4-13-34(33)31-49(45)56/h3-10,12-16,18-32H,11,17H2,1-2H3/b47-19-,55-53-. The van der Waals surface area contributed by atoms with Gasteiger partial charge in [-0.15, -0.1) is 0 Å². The van der Waals surface area contributed by atoms with Gasteiger partial charge in [-0.2, -0.15) is 0 Å². The fourth-order valence-electron chi connectivity index (χ4n) is 9.94. The van der Waals surface area contributed by atoms with Gasteiger partial charge in [0.1, 0.15) is 11.2 Å². The summed E-state index contributed by atoms with van der Waals surface area (Å²) in [5.74, 6) is 0. The van der Waals surface area contributed by atoms with Gasteiger partial charge in [-0.3, -0.25) is 0 Å². The molecular weight excluding hydrogens is 693 g/mol. The maximum Gasteiger partial charge on any atom is 0.136 e. The number of benzene rings is 8. The van der Waals surface area contributed by atoms with Crippen LogP contribution in [0.1, 0.15) is 48.9 Å². The molecule has 3 nitrogen and oxygen atoms in total. The van der Waals surface area contributed by atoms with Crippen molar-refractivity contribution in [1.82, 2.24) is 4.57 Å². The summed E-state index contributed by atoms with van der Waals surface area (Å²) < 4.78 is 8.86. The van der Waals surface area contributed by atoms with E-state index in [2.05, 4.69) is 176 Å². The minimum Gasteiger partial charge on any atom is -0.456 e. The number of rotatable bonds is 3. The molecule has 1 aliphatic heterocycles. The number of para-hydroxylation sites is 2. The summed E-state index contributed by atoms with van der Waals surface area (Å²) in [7, 11) is 0. The van der Waals surface area contributed by atoms with Gasteiger partial charge >= 0.3 is 0 Å². The van der Waals surface area contributed by atoms with Crippen LogP contribution in [0.25, 0.3) is 82.2 Å². The highest BCUT2D eigenvalue weighted by molar-refractivity contribution is 6.22. The number of fused-ring (bicyclic) bond motifs is 10. The Labute approximate surface area is 330 Å². The molecule has 0 spiro atoms. The van der Waals surface area contributed by atoms with Crippen LogP contribution in [-0.2, 0) is 5.41 Å². The zero-order valence-corrected chi connectivity index (χ0v) is 31.9. The highest BCUT2D eigenvalue weighted by atomic mass is 16.3. The smallest absolute Gasteiger partial charge is 0.136 e. The van der Waals surface area contributed by atoms with E-state index in [1.165, 1.54) is 65.6 Å². The normalized spacial score (nSPS) is 17.2. The zero-order chi connectivity index (χ0) is 37.8. The SMILES string of the molecule is CC1(C)C2=C(CC/C=C(c3ccc4cc(-n5c6ccccc6c6cc7ccccc7cc65)ccc4c3)\N=C/2c2ccc3c(c2)oc2ccccc23)c2ccccc21. The Morgan fingerprint density at radius 2 is 1.25 bits per heavy atom. The van der Waals surface area contributed by atoms with Gasteiger partial charge in [0.05, 0.1) is 22.4 Å². The second kappa shape index (κ2) is 12.0. The summed E-state index contributed by atoms with van der Waals surface area (Å²) in [4.78, 5) is 5.69. The van der Waals surface area contributed by atoms with Crippen molar-refractivity contribution in [3.63, 3.8) is 0 Å². The Morgan fingerprint density at radius 1 is 0.544 bits per heavy atom. The Morgan fingerprint density at radius 3 is 2.16 bits per heavy atom. The van der Waals surface area contributed by atoms with Crippen LogP contribution in [0.4, 0.5) is 0 Å². The molecule has 1 aliphatic carbocycles. The van der Waals surface area contributed by atoms with Gasteiger partial charge in [-0.05, 0) is 111 Å². The molecule has 57 heavy (non-hydrogen) atoms. The molecule has 0 amide bonds. The molecule has 0 atom stereocenters. The van der Waals surface area contributed by atoms with Crippen molar-refractivity contribution in [2.24, 2.45) is 4.99 Å². The summed E-state index contributed by atoms with van der Waals surface area (Å²) in [6.45, 7) is 4.73. The van der Waals surface area contributed by atoms with Crippen LogP contribution < -0.4 is 0 Å². The van der Waals surface area contributed by atoms with Gasteiger partial charge in [0.2, 0.25) is 0 Å². The average Bonchev–Trinajstić information content (AvgIpc) is 3.84. The lowest BCUT2D eigenvalue weighted by molar-refractivity contribution is 0.661. The fraction of sp³-hybridized carbons (Fsp3) is 0.0926. The molecule has 270 valence electrons. The molecule has 10 aromatic rings. The molecule has 0 saturated heterocycles. The first kappa shape index (κ1) is 32.3. The number of aromatic nitrogens is 1. The highest BCUT2D eigenvalue weighted by Crippen LogP contribution is 2.50. The molecule has 0 bridgehead atoms. The van der Waals surface area contributed by atoms with Crippen LogP contribution in [0.3, 0.4) is 0 Å². The van der Waals surface area contributed by atoms with Crippen molar-refractivity contribution in [3.8, 4) is 5.69 Å². The minimum atomic E-state index is -0.213. The third kappa shape index (κ3) is 4.82. The van der Waals surface area contributed by atoms with E-state index in [9.17, 15) is 0 Å². The maximum absolute atomic E-state index is 6.44. The van der Waals surface area contributed by atoms with Crippen LogP contribution in [0.15, 0.2) is 185 Å². The summed E-state index contributed by atoms with van der Waals surface area (Å²) in [5.41, 5.74) is 14.8. The first-order valence-corrected chi connectivity index (χ1v) is 20.0. The van der Waals surface area contributed by atoms with E-state index in [1.807, 2.05) is 12.1 Å². The van der Waals surface area contributed by atoms with E-state index in [1.54, 1.807) is 0 Å². The lowest BCUT2D eigenvalue weighted by Gasteiger charge is -2.27. The fourth-order valence-corrected chi connectivity index (χ4v) is 9.94. The quantitative estimate of drug-likeness (QED) is 0.178. The highest BCUT2D eigenvalue weighted by Gasteiger charge is 2.40. The van der Waals surface area contributed by atoms with E-state index >= 15 is 0 Å². The van der Waals surface area contributed by atoms with Crippen LogP contribution in [0, 0.1) is 0 Å². The lowest BCUT2D eigenvalue weighted by atomic mass is 9.77. The molecule has 8 aromatic carbocycles. The van der Waals surface area contributed by atoms with Crippen molar-refractivity contribution >= 4 is 82.3 Å². The van der Waals surface area contributed by atoms with Crippen molar-refractivity contribution in [2.75, 3.05) is 0 Å². The Hall–Kier alpha value is -6.97. The Kier molecular flexibility index (Phi) is 6.81. The molecule has 2 aliphatic rings. The van der Waals surface area contributed by atoms with E-state index in [4.69, 9.17) is 9.41 Å². The van der Waals surface area contributed by atoms with Crippen LogP contribution in [0.2, 0.25) is 0 Å². The van der Waals surface area contributed by atoms with Gasteiger partial charge in [0.25, 0.3) is 0 Å².